The maximum Gasteiger partial charge on any atom is 0.284 e. The van der Waals surface area contributed by atoms with Crippen LogP contribution in [0.3, 0.4) is 0 Å². The highest BCUT2D eigenvalue weighted by atomic mass is 19.3. The highest BCUT2D eigenvalue weighted by Gasteiger charge is 2.38. The monoisotopic (exact) mass is 187 g/mol. The lowest BCUT2D eigenvalue weighted by Crippen LogP contribution is -2.43. The molecule has 0 aliphatic carbocycles. The minimum atomic E-state index is -2.86. The van der Waals surface area contributed by atoms with Crippen LogP contribution < -0.4 is 0 Å². The van der Waals surface area contributed by atoms with Crippen LogP contribution in [0.15, 0.2) is 25.3 Å². The Kier molecular flexibility index (Phi) is 3.20. The number of alkyl halides is 2. The van der Waals surface area contributed by atoms with Crippen molar-refractivity contribution in [2.24, 2.45) is 0 Å². The third-order valence-corrected chi connectivity index (χ3v) is 2.42. The van der Waals surface area contributed by atoms with E-state index in [1.807, 2.05) is 0 Å². The molecule has 1 aliphatic rings. The summed E-state index contributed by atoms with van der Waals surface area (Å²) in [7, 11) is 0. The van der Waals surface area contributed by atoms with E-state index in [4.69, 9.17) is 0 Å². The molecule has 1 rings (SSSR count). The topological polar surface area (TPSA) is 3.24 Å². The zero-order valence-corrected chi connectivity index (χ0v) is 7.68. The second kappa shape index (κ2) is 4.01. The molecule has 0 N–H and O–H groups in total. The molecule has 0 saturated carbocycles. The summed E-state index contributed by atoms with van der Waals surface area (Å²) in [6, 6.07) is -0.882. The van der Waals surface area contributed by atoms with Crippen LogP contribution in [0.25, 0.3) is 0 Å². The molecule has 1 heterocycles. The molecule has 0 aromatic carbocycles. The Morgan fingerprint density at radius 1 is 1.23 bits per heavy atom. The Balaban J connectivity index is 2.70. The molecule has 0 spiro atoms. The highest BCUT2D eigenvalue weighted by molar-refractivity contribution is 5.06. The van der Waals surface area contributed by atoms with Crippen LogP contribution in [-0.2, 0) is 0 Å². The number of halogens is 2. The van der Waals surface area contributed by atoms with E-state index < -0.39 is 12.0 Å². The van der Waals surface area contributed by atoms with Crippen LogP contribution in [0.1, 0.15) is 12.8 Å². The van der Waals surface area contributed by atoms with E-state index in [2.05, 4.69) is 13.2 Å². The van der Waals surface area contributed by atoms with Crippen molar-refractivity contribution in [3.8, 4) is 0 Å². The van der Waals surface area contributed by atoms with E-state index >= 15 is 0 Å². The Labute approximate surface area is 77.7 Å². The van der Waals surface area contributed by atoms with Crippen molar-refractivity contribution in [2.45, 2.75) is 24.8 Å². The number of rotatable bonds is 4. The molecule has 1 unspecified atom stereocenters. The number of hydrogen-bond donors (Lipinski definition) is 0. The summed E-state index contributed by atoms with van der Waals surface area (Å²) in [5, 5.41) is 0. The smallest absolute Gasteiger partial charge is 0.284 e. The van der Waals surface area contributed by atoms with E-state index in [9.17, 15) is 8.78 Å². The minimum Gasteiger partial charge on any atom is -0.291 e. The molecular formula is C10H15F2N. The second-order valence-corrected chi connectivity index (χ2v) is 3.30. The first-order chi connectivity index (χ1) is 6.11. The normalized spacial score (nSPS) is 21.4. The minimum absolute atomic E-state index is 0.706. The van der Waals surface area contributed by atoms with Crippen molar-refractivity contribution in [2.75, 3.05) is 13.1 Å². The van der Waals surface area contributed by atoms with Crippen LogP contribution in [0.4, 0.5) is 8.78 Å². The summed E-state index contributed by atoms with van der Waals surface area (Å²) >= 11 is 0. The largest absolute Gasteiger partial charge is 0.291 e. The van der Waals surface area contributed by atoms with Crippen LogP contribution in [0.5, 0.6) is 0 Å². The molecule has 1 aliphatic heterocycles. The Bertz CT molecular complexity index is 195. The molecule has 1 atom stereocenters. The van der Waals surface area contributed by atoms with E-state index in [0.29, 0.717) is 6.08 Å². The molecule has 13 heavy (non-hydrogen) atoms. The summed E-state index contributed by atoms with van der Waals surface area (Å²) in [5.74, 6) is -2.86. The van der Waals surface area contributed by atoms with E-state index in [1.165, 1.54) is 6.08 Å². The van der Waals surface area contributed by atoms with Gasteiger partial charge in [0.1, 0.15) is 0 Å². The van der Waals surface area contributed by atoms with Crippen LogP contribution >= 0.6 is 0 Å². The molecule has 0 amide bonds. The molecule has 74 valence electrons. The van der Waals surface area contributed by atoms with Gasteiger partial charge in [0.15, 0.2) is 0 Å². The Hall–Kier alpha value is -0.700. The predicted molar refractivity (Wildman–Crippen MR) is 49.9 cm³/mol. The van der Waals surface area contributed by atoms with E-state index in [1.54, 1.807) is 4.90 Å². The van der Waals surface area contributed by atoms with Gasteiger partial charge in [-0.2, -0.15) is 8.78 Å². The fraction of sp³-hybridized carbons (Fsp3) is 0.600. The third-order valence-electron chi connectivity index (χ3n) is 2.42. The van der Waals surface area contributed by atoms with Gasteiger partial charge in [-0.1, -0.05) is 12.7 Å². The van der Waals surface area contributed by atoms with Gasteiger partial charge in [0.2, 0.25) is 0 Å². The molecule has 0 bridgehead atoms. The van der Waals surface area contributed by atoms with Crippen LogP contribution in [-0.4, -0.2) is 30.0 Å². The van der Waals surface area contributed by atoms with Gasteiger partial charge in [-0.15, -0.1) is 6.58 Å². The lowest BCUT2D eigenvalue weighted by molar-refractivity contribution is -0.0131. The predicted octanol–water partition coefficient (Wildman–Crippen LogP) is 2.46. The van der Waals surface area contributed by atoms with Crippen molar-refractivity contribution in [1.82, 2.24) is 4.90 Å². The van der Waals surface area contributed by atoms with Gasteiger partial charge in [0.25, 0.3) is 5.92 Å². The average Bonchev–Trinajstić information content (AvgIpc) is 2.58. The van der Waals surface area contributed by atoms with E-state index in [0.717, 1.165) is 25.9 Å². The maximum atomic E-state index is 13.2. The van der Waals surface area contributed by atoms with Crippen molar-refractivity contribution in [3.63, 3.8) is 0 Å². The Morgan fingerprint density at radius 3 is 2.15 bits per heavy atom. The molecule has 3 heteroatoms. The fourth-order valence-electron chi connectivity index (χ4n) is 1.69. The van der Waals surface area contributed by atoms with Gasteiger partial charge < -0.3 is 0 Å². The molecule has 1 nitrogen and oxygen atoms in total. The van der Waals surface area contributed by atoms with Crippen LogP contribution in [0, 0.1) is 0 Å². The lowest BCUT2D eigenvalue weighted by atomic mass is 10.1. The second-order valence-electron chi connectivity index (χ2n) is 3.30. The zero-order valence-electron chi connectivity index (χ0n) is 7.68. The van der Waals surface area contributed by atoms with Gasteiger partial charge in [-0.3, -0.25) is 4.90 Å². The van der Waals surface area contributed by atoms with Gasteiger partial charge in [-0.25, -0.2) is 0 Å². The zero-order chi connectivity index (χ0) is 9.90. The molecule has 1 saturated heterocycles. The summed E-state index contributed by atoms with van der Waals surface area (Å²) in [6.45, 7) is 8.07. The molecule has 0 aromatic rings. The Morgan fingerprint density at radius 2 is 1.77 bits per heavy atom. The molecule has 0 aromatic heterocycles. The summed E-state index contributed by atoms with van der Waals surface area (Å²) in [4.78, 5) is 1.76. The highest BCUT2D eigenvalue weighted by Crippen LogP contribution is 2.27. The standard InChI is InChI=1S/C10H15F2N/c1-3-9(10(11,12)4-2)13-7-5-6-8-13/h3-4,9H,1-2,5-8H2. The van der Waals surface area contributed by atoms with E-state index in [-0.39, 0.29) is 0 Å². The quantitative estimate of drug-likeness (QED) is 0.611. The molecule has 0 radical (unpaired) electrons. The van der Waals surface area contributed by atoms with Crippen molar-refractivity contribution in [3.05, 3.63) is 25.3 Å². The summed E-state index contributed by atoms with van der Waals surface area (Å²) < 4.78 is 26.5. The van der Waals surface area contributed by atoms with Crippen LogP contribution in [0.2, 0.25) is 0 Å². The summed E-state index contributed by atoms with van der Waals surface area (Å²) in [6.07, 6.45) is 4.01. The number of hydrogen-bond acceptors (Lipinski definition) is 1. The number of likely N-dealkylation sites (tertiary alicyclic amines) is 1. The summed E-state index contributed by atoms with van der Waals surface area (Å²) in [5.41, 5.74) is 0. The maximum absolute atomic E-state index is 13.2. The van der Waals surface area contributed by atoms with Crippen molar-refractivity contribution in [1.29, 1.82) is 0 Å². The van der Waals surface area contributed by atoms with Gasteiger partial charge in [0, 0.05) is 0 Å². The van der Waals surface area contributed by atoms with Crippen molar-refractivity contribution < 1.29 is 8.78 Å². The molecule has 1 fully saturated rings. The SMILES string of the molecule is C=CC(N1CCCC1)C(F)(F)C=C. The average molecular weight is 187 g/mol. The van der Waals surface area contributed by atoms with Gasteiger partial charge in [0.05, 0.1) is 6.04 Å². The number of nitrogens with zero attached hydrogens (tertiary/aromatic N) is 1. The molecular weight excluding hydrogens is 172 g/mol. The lowest BCUT2D eigenvalue weighted by Gasteiger charge is -2.29. The first kappa shape index (κ1) is 10.4. The van der Waals surface area contributed by atoms with Gasteiger partial charge in [-0.05, 0) is 32.0 Å². The van der Waals surface area contributed by atoms with Crippen molar-refractivity contribution >= 4 is 0 Å². The third kappa shape index (κ3) is 2.15. The first-order valence-electron chi connectivity index (χ1n) is 4.50. The fourth-order valence-corrected chi connectivity index (χ4v) is 1.69. The first-order valence-corrected chi connectivity index (χ1v) is 4.50. The van der Waals surface area contributed by atoms with Gasteiger partial charge >= 0.3 is 0 Å².